The van der Waals surface area contributed by atoms with Gasteiger partial charge in [-0.25, -0.2) is 0 Å². The molecule has 0 spiro atoms. The van der Waals surface area contributed by atoms with Gasteiger partial charge < -0.3 is 10.1 Å². The van der Waals surface area contributed by atoms with Crippen LogP contribution >= 0.6 is 22.7 Å². The van der Waals surface area contributed by atoms with Gasteiger partial charge in [-0.15, -0.1) is 22.7 Å². The summed E-state index contributed by atoms with van der Waals surface area (Å²) >= 11 is 3.60. The van der Waals surface area contributed by atoms with E-state index in [4.69, 9.17) is 4.74 Å². The summed E-state index contributed by atoms with van der Waals surface area (Å²) in [5.41, 5.74) is 0. The van der Waals surface area contributed by atoms with Crippen LogP contribution in [0.25, 0.3) is 0 Å². The molecule has 98 valence electrons. The van der Waals surface area contributed by atoms with Crippen molar-refractivity contribution in [3.05, 3.63) is 44.8 Å². The lowest BCUT2D eigenvalue weighted by Crippen LogP contribution is -2.30. The van der Waals surface area contributed by atoms with Crippen LogP contribution in [0.2, 0.25) is 0 Å². The van der Waals surface area contributed by atoms with E-state index in [-0.39, 0.29) is 6.10 Å². The van der Waals surface area contributed by atoms with E-state index in [2.05, 4.69) is 47.3 Å². The minimum Gasteiger partial charge on any atom is -0.377 e. The lowest BCUT2D eigenvalue weighted by molar-refractivity contribution is 0.0749. The van der Waals surface area contributed by atoms with Crippen molar-refractivity contribution in [3.63, 3.8) is 0 Å². The second-order valence-corrected chi connectivity index (χ2v) is 6.10. The van der Waals surface area contributed by atoms with E-state index in [1.54, 1.807) is 22.7 Å². The van der Waals surface area contributed by atoms with Gasteiger partial charge in [-0.3, -0.25) is 0 Å². The molecule has 0 radical (unpaired) electrons. The smallest absolute Gasteiger partial charge is 0.0765 e. The third kappa shape index (κ3) is 3.65. The van der Waals surface area contributed by atoms with Crippen LogP contribution in [-0.4, -0.2) is 19.3 Å². The van der Waals surface area contributed by atoms with E-state index in [1.807, 2.05) is 6.92 Å². The second kappa shape index (κ2) is 7.04. The first-order valence-corrected chi connectivity index (χ1v) is 7.99. The molecule has 2 nitrogen and oxygen atoms in total. The monoisotopic (exact) mass is 281 g/mol. The van der Waals surface area contributed by atoms with Crippen LogP contribution in [0, 0.1) is 0 Å². The van der Waals surface area contributed by atoms with E-state index < -0.39 is 0 Å². The molecule has 2 aromatic heterocycles. The van der Waals surface area contributed by atoms with Gasteiger partial charge in [-0.1, -0.05) is 12.1 Å². The molecule has 18 heavy (non-hydrogen) atoms. The van der Waals surface area contributed by atoms with E-state index in [1.165, 1.54) is 9.75 Å². The maximum Gasteiger partial charge on any atom is 0.0765 e. The fraction of sp³-hybridized carbons (Fsp3) is 0.429. The average Bonchev–Trinajstić information content (AvgIpc) is 3.02. The number of nitrogens with one attached hydrogen (secondary N) is 1. The van der Waals surface area contributed by atoms with Crippen molar-refractivity contribution in [3.8, 4) is 0 Å². The quantitative estimate of drug-likeness (QED) is 0.830. The molecule has 0 bridgehead atoms. The zero-order chi connectivity index (χ0) is 12.8. The van der Waals surface area contributed by atoms with Crippen molar-refractivity contribution in [2.45, 2.75) is 26.0 Å². The first-order valence-electron chi connectivity index (χ1n) is 6.23. The summed E-state index contributed by atoms with van der Waals surface area (Å²) < 4.78 is 5.57. The Balaban J connectivity index is 2.02. The van der Waals surface area contributed by atoms with Crippen LogP contribution in [0.3, 0.4) is 0 Å². The molecule has 0 saturated carbocycles. The highest BCUT2D eigenvalue weighted by atomic mass is 32.1. The van der Waals surface area contributed by atoms with Crippen LogP contribution in [0.15, 0.2) is 35.0 Å². The zero-order valence-electron chi connectivity index (χ0n) is 10.8. The summed E-state index contributed by atoms with van der Waals surface area (Å²) in [4.78, 5) is 2.72. The highest BCUT2D eigenvalue weighted by Gasteiger charge is 2.16. The summed E-state index contributed by atoms with van der Waals surface area (Å²) in [7, 11) is 0. The molecule has 4 heteroatoms. The van der Waals surface area contributed by atoms with E-state index in [0.717, 1.165) is 13.2 Å². The molecule has 2 heterocycles. The van der Waals surface area contributed by atoms with Gasteiger partial charge in [0.15, 0.2) is 0 Å². The summed E-state index contributed by atoms with van der Waals surface area (Å²) in [5.74, 6) is 0. The largest absolute Gasteiger partial charge is 0.377 e. The molecule has 0 saturated heterocycles. The van der Waals surface area contributed by atoms with Gasteiger partial charge >= 0.3 is 0 Å². The van der Waals surface area contributed by atoms with Gasteiger partial charge in [-0.2, -0.15) is 0 Å². The molecular weight excluding hydrogens is 262 g/mol. The number of hydrogen-bond donors (Lipinski definition) is 1. The number of rotatable bonds is 7. The van der Waals surface area contributed by atoms with Crippen LogP contribution in [0.1, 0.15) is 29.6 Å². The van der Waals surface area contributed by atoms with Gasteiger partial charge in [0.05, 0.1) is 12.1 Å². The predicted molar refractivity (Wildman–Crippen MR) is 79.6 cm³/mol. The van der Waals surface area contributed by atoms with Crippen LogP contribution in [0.4, 0.5) is 0 Å². The summed E-state index contributed by atoms with van der Waals surface area (Å²) in [6, 6.07) is 8.89. The molecule has 0 aliphatic heterocycles. The molecule has 1 atom stereocenters. The lowest BCUT2D eigenvalue weighted by Gasteiger charge is -2.19. The van der Waals surface area contributed by atoms with Crippen molar-refractivity contribution in [1.82, 2.24) is 5.32 Å². The Morgan fingerprint density at radius 3 is 2.22 bits per heavy atom. The Morgan fingerprint density at radius 1 is 1.17 bits per heavy atom. The molecule has 2 rings (SSSR count). The van der Waals surface area contributed by atoms with Crippen molar-refractivity contribution < 1.29 is 4.74 Å². The number of thiophene rings is 2. The molecule has 2 aromatic rings. The first-order chi connectivity index (χ1) is 8.81. The Hall–Kier alpha value is -0.680. The summed E-state index contributed by atoms with van der Waals surface area (Å²) in [6.07, 6.45) is 0.248. The summed E-state index contributed by atoms with van der Waals surface area (Å²) in [5, 5.41) is 7.86. The lowest BCUT2D eigenvalue weighted by atomic mass is 10.2. The molecule has 0 amide bonds. The van der Waals surface area contributed by atoms with Crippen LogP contribution < -0.4 is 5.32 Å². The third-order valence-electron chi connectivity index (χ3n) is 2.72. The topological polar surface area (TPSA) is 21.3 Å². The van der Waals surface area contributed by atoms with Crippen molar-refractivity contribution in [1.29, 1.82) is 0 Å². The van der Waals surface area contributed by atoms with Crippen molar-refractivity contribution >= 4 is 22.7 Å². The summed E-state index contributed by atoms with van der Waals surface area (Å²) in [6.45, 7) is 5.78. The molecule has 1 N–H and O–H groups in total. The van der Waals surface area contributed by atoms with E-state index in [9.17, 15) is 0 Å². The maximum atomic E-state index is 5.57. The minimum atomic E-state index is 0.248. The predicted octanol–water partition coefficient (Wildman–Crippen LogP) is 3.91. The number of ether oxygens (including phenoxy) is 1. The third-order valence-corrected chi connectivity index (χ3v) is 4.59. The van der Waals surface area contributed by atoms with Crippen LogP contribution in [-0.2, 0) is 4.74 Å². The van der Waals surface area contributed by atoms with Gasteiger partial charge in [0, 0.05) is 22.9 Å². The fourth-order valence-electron chi connectivity index (χ4n) is 1.88. The van der Waals surface area contributed by atoms with E-state index in [0.29, 0.717) is 6.04 Å². The van der Waals surface area contributed by atoms with Crippen molar-refractivity contribution in [2.24, 2.45) is 0 Å². The maximum absolute atomic E-state index is 5.57. The Kier molecular flexibility index (Phi) is 5.38. The van der Waals surface area contributed by atoms with Gasteiger partial charge in [0.2, 0.25) is 0 Å². The van der Waals surface area contributed by atoms with Crippen LogP contribution in [0.5, 0.6) is 0 Å². The normalized spacial score (nSPS) is 13.1. The SMILES string of the molecule is CCOC(C)CNC(c1cccs1)c1cccs1. The molecule has 1 unspecified atom stereocenters. The Labute approximate surface area is 117 Å². The molecule has 0 fully saturated rings. The highest BCUT2D eigenvalue weighted by Crippen LogP contribution is 2.29. The van der Waals surface area contributed by atoms with E-state index >= 15 is 0 Å². The van der Waals surface area contributed by atoms with Crippen molar-refractivity contribution in [2.75, 3.05) is 13.2 Å². The Morgan fingerprint density at radius 2 is 1.78 bits per heavy atom. The Bertz CT molecular complexity index is 390. The average molecular weight is 281 g/mol. The zero-order valence-corrected chi connectivity index (χ0v) is 12.4. The molecule has 0 aliphatic rings. The van der Waals surface area contributed by atoms with Gasteiger partial charge in [0.1, 0.15) is 0 Å². The minimum absolute atomic E-state index is 0.248. The molecular formula is C14H19NOS2. The molecule has 0 aliphatic carbocycles. The first kappa shape index (κ1) is 13.7. The standard InChI is InChI=1S/C14H19NOS2/c1-3-16-11(2)10-15-14(12-6-4-8-17-12)13-7-5-9-18-13/h4-9,11,14-15H,3,10H2,1-2H3. The highest BCUT2D eigenvalue weighted by molar-refractivity contribution is 7.11. The fourth-order valence-corrected chi connectivity index (χ4v) is 3.59. The number of hydrogen-bond acceptors (Lipinski definition) is 4. The molecule has 0 aromatic carbocycles. The van der Waals surface area contributed by atoms with Gasteiger partial charge in [-0.05, 0) is 36.7 Å². The van der Waals surface area contributed by atoms with Gasteiger partial charge in [0.25, 0.3) is 0 Å². The second-order valence-electron chi connectivity index (χ2n) is 4.14.